The lowest BCUT2D eigenvalue weighted by Gasteiger charge is -1.95. The van der Waals surface area contributed by atoms with Gasteiger partial charge in [0.25, 0.3) is 0 Å². The molecule has 0 spiro atoms. The molecule has 0 aliphatic rings. The van der Waals surface area contributed by atoms with Crippen LogP contribution in [0.1, 0.15) is 0 Å². The molecule has 2 N–H and O–H groups in total. The second-order valence-corrected chi connectivity index (χ2v) is 3.68. The van der Waals surface area contributed by atoms with Crippen LogP contribution in [0.5, 0.6) is 0 Å². The third-order valence-electron chi connectivity index (χ3n) is 1.77. The number of nitrogens with one attached hydrogen (secondary N) is 2. The first-order valence-electron chi connectivity index (χ1n) is 4.36. The van der Waals surface area contributed by atoms with Crippen molar-refractivity contribution in [1.82, 2.24) is 10.4 Å². The van der Waals surface area contributed by atoms with E-state index in [1.54, 1.807) is 5.38 Å². The van der Waals surface area contributed by atoms with Crippen LogP contribution in [0.2, 0.25) is 0 Å². The van der Waals surface area contributed by atoms with Gasteiger partial charge in [0.1, 0.15) is 10.6 Å². The number of thiazole rings is 1. The molecule has 0 fully saturated rings. The maximum absolute atomic E-state index is 10.4. The van der Waals surface area contributed by atoms with E-state index in [1.165, 1.54) is 23.5 Å². The van der Waals surface area contributed by atoms with E-state index in [0.717, 1.165) is 0 Å². The quantitative estimate of drug-likeness (QED) is 0.474. The van der Waals surface area contributed by atoms with Crippen molar-refractivity contribution >= 4 is 28.8 Å². The average molecular weight is 254 g/mol. The zero-order chi connectivity index (χ0) is 12.3. The van der Waals surface area contributed by atoms with E-state index < -0.39 is 4.92 Å². The number of amides is 1. The van der Waals surface area contributed by atoms with Gasteiger partial charge in [0.2, 0.25) is 11.5 Å². The van der Waals surface area contributed by atoms with Gasteiger partial charge >= 0.3 is 5.88 Å². The molecule has 1 amide bonds. The highest BCUT2D eigenvalue weighted by Crippen LogP contribution is 2.28. The van der Waals surface area contributed by atoms with Gasteiger partial charge in [0.15, 0.2) is 5.76 Å². The summed E-state index contributed by atoms with van der Waals surface area (Å²) >= 11 is 1.23. The largest absolute Gasteiger partial charge is 0.433 e. The Morgan fingerprint density at radius 3 is 3.00 bits per heavy atom. The van der Waals surface area contributed by atoms with Crippen molar-refractivity contribution in [3.63, 3.8) is 0 Å². The number of rotatable bonds is 5. The number of carbonyl (C=O) groups excluding carboxylic acids is 1. The molecular formula is C8H6N4O4S. The number of carbonyl (C=O) groups is 1. The molecule has 2 rings (SSSR count). The number of nitro groups is 1. The second-order valence-electron chi connectivity index (χ2n) is 2.82. The summed E-state index contributed by atoms with van der Waals surface area (Å²) in [6, 6.07) is 2.72. The molecule has 0 aliphatic heterocycles. The molecule has 8 nitrogen and oxygen atoms in total. The van der Waals surface area contributed by atoms with Gasteiger partial charge in [-0.3, -0.25) is 25.8 Å². The monoisotopic (exact) mass is 254 g/mol. The van der Waals surface area contributed by atoms with Crippen molar-refractivity contribution < 1.29 is 14.1 Å². The van der Waals surface area contributed by atoms with Crippen LogP contribution in [0.4, 0.5) is 11.0 Å². The highest BCUT2D eigenvalue weighted by molar-refractivity contribution is 7.14. The van der Waals surface area contributed by atoms with Crippen LogP contribution < -0.4 is 10.9 Å². The zero-order valence-electron chi connectivity index (χ0n) is 8.25. The van der Waals surface area contributed by atoms with Gasteiger partial charge in [-0.2, -0.15) is 0 Å². The van der Waals surface area contributed by atoms with Crippen molar-refractivity contribution in [3.05, 3.63) is 27.6 Å². The highest BCUT2D eigenvalue weighted by Gasteiger charge is 2.15. The number of hydrogen-bond donors (Lipinski definition) is 2. The number of hydrogen-bond acceptors (Lipinski definition) is 7. The first kappa shape index (κ1) is 11.1. The van der Waals surface area contributed by atoms with E-state index in [4.69, 9.17) is 4.42 Å². The van der Waals surface area contributed by atoms with Crippen molar-refractivity contribution in [2.24, 2.45) is 0 Å². The fraction of sp³-hybridized carbons (Fsp3) is 0. The molecule has 0 aromatic carbocycles. The molecule has 2 aromatic rings. The molecule has 0 unspecified atom stereocenters. The lowest BCUT2D eigenvalue weighted by molar-refractivity contribution is -0.401. The Kier molecular flexibility index (Phi) is 3.01. The fourth-order valence-electron chi connectivity index (χ4n) is 1.10. The van der Waals surface area contributed by atoms with Crippen molar-refractivity contribution in [2.45, 2.75) is 0 Å². The summed E-state index contributed by atoms with van der Waals surface area (Å²) < 4.78 is 4.98. The number of nitrogens with zero attached hydrogens (tertiary/aromatic N) is 2. The normalized spacial score (nSPS) is 9.88. The fourth-order valence-corrected chi connectivity index (χ4v) is 1.76. The van der Waals surface area contributed by atoms with Crippen molar-refractivity contribution in [3.8, 4) is 11.5 Å². The van der Waals surface area contributed by atoms with E-state index in [2.05, 4.69) is 15.8 Å². The van der Waals surface area contributed by atoms with E-state index >= 15 is 0 Å². The smallest absolute Gasteiger partial charge is 0.399 e. The Hall–Kier alpha value is -2.42. The molecular weight excluding hydrogens is 248 g/mol. The standard InChI is InChI=1S/C8H6N4O4S/c13-4-9-11-8-10-5(3-17-8)6-1-2-7(16-6)12(14)15/h1-4H,(H,9,13)(H,10,11). The SMILES string of the molecule is O=CNNc1nc(-c2ccc([N+](=O)[O-])o2)cs1. The topological polar surface area (TPSA) is 110 Å². The molecule has 9 heteroatoms. The first-order valence-corrected chi connectivity index (χ1v) is 5.24. The molecule has 2 aromatic heterocycles. The average Bonchev–Trinajstić information content (AvgIpc) is 2.94. The second kappa shape index (κ2) is 4.61. The summed E-state index contributed by atoms with van der Waals surface area (Å²) in [5.41, 5.74) is 5.22. The predicted octanol–water partition coefficient (Wildman–Crippen LogP) is 1.38. The van der Waals surface area contributed by atoms with Gasteiger partial charge < -0.3 is 4.42 Å². The maximum Gasteiger partial charge on any atom is 0.433 e. The lowest BCUT2D eigenvalue weighted by atomic mass is 10.4. The van der Waals surface area contributed by atoms with Crippen LogP contribution in [0.3, 0.4) is 0 Å². The number of aromatic nitrogens is 1. The Morgan fingerprint density at radius 1 is 1.53 bits per heavy atom. The number of furan rings is 1. The Labute approximate surface area is 98.4 Å². The van der Waals surface area contributed by atoms with Gasteiger partial charge in [-0.05, 0) is 6.07 Å². The van der Waals surface area contributed by atoms with Crippen molar-refractivity contribution in [2.75, 3.05) is 5.43 Å². The molecule has 0 bridgehead atoms. The number of anilines is 1. The van der Waals surface area contributed by atoms with Gasteiger partial charge in [-0.15, -0.1) is 11.3 Å². The van der Waals surface area contributed by atoms with Crippen LogP contribution >= 0.6 is 11.3 Å². The Morgan fingerprint density at radius 2 is 2.35 bits per heavy atom. The van der Waals surface area contributed by atoms with Crippen LogP contribution in [0.15, 0.2) is 21.9 Å². The molecule has 17 heavy (non-hydrogen) atoms. The summed E-state index contributed by atoms with van der Waals surface area (Å²) in [6.07, 6.45) is 0.471. The highest BCUT2D eigenvalue weighted by atomic mass is 32.1. The van der Waals surface area contributed by atoms with E-state index in [1.807, 2.05) is 0 Å². The first-order chi connectivity index (χ1) is 8.20. The summed E-state index contributed by atoms with van der Waals surface area (Å²) in [7, 11) is 0. The van der Waals surface area contributed by atoms with Gasteiger partial charge in [0.05, 0.1) is 6.07 Å². The van der Waals surface area contributed by atoms with E-state index in [-0.39, 0.29) is 5.88 Å². The molecule has 0 atom stereocenters. The summed E-state index contributed by atoms with van der Waals surface area (Å²) in [5.74, 6) is -0.0411. The minimum Gasteiger partial charge on any atom is -0.399 e. The van der Waals surface area contributed by atoms with Crippen molar-refractivity contribution in [1.29, 1.82) is 0 Å². The summed E-state index contributed by atoms with van der Waals surface area (Å²) in [5, 5.41) is 12.5. The van der Waals surface area contributed by atoms with Gasteiger partial charge in [0, 0.05) is 5.38 Å². The molecule has 0 aliphatic carbocycles. The van der Waals surface area contributed by atoms with E-state index in [9.17, 15) is 14.9 Å². The molecule has 2 heterocycles. The molecule has 0 radical (unpaired) electrons. The van der Waals surface area contributed by atoms with E-state index in [0.29, 0.717) is 23.0 Å². The minimum absolute atomic E-state index is 0.298. The lowest BCUT2D eigenvalue weighted by Crippen LogP contribution is -2.18. The van der Waals surface area contributed by atoms with Crippen LogP contribution in [-0.4, -0.2) is 16.3 Å². The van der Waals surface area contributed by atoms with Crippen LogP contribution in [0, 0.1) is 10.1 Å². The van der Waals surface area contributed by atoms with Crippen LogP contribution in [0.25, 0.3) is 11.5 Å². The third-order valence-corrected chi connectivity index (χ3v) is 2.52. The Bertz CT molecular complexity index is 549. The minimum atomic E-state index is -0.622. The summed E-state index contributed by atoms with van der Waals surface area (Å²) in [4.78, 5) is 23.9. The van der Waals surface area contributed by atoms with Gasteiger partial charge in [-0.1, -0.05) is 0 Å². The molecule has 0 saturated heterocycles. The van der Waals surface area contributed by atoms with Crippen LogP contribution in [-0.2, 0) is 4.79 Å². The predicted molar refractivity (Wildman–Crippen MR) is 59.3 cm³/mol. The maximum atomic E-state index is 10.4. The number of hydrazine groups is 1. The summed E-state index contributed by atoms with van der Waals surface area (Å²) in [6.45, 7) is 0. The van der Waals surface area contributed by atoms with Gasteiger partial charge in [-0.25, -0.2) is 4.98 Å². The zero-order valence-corrected chi connectivity index (χ0v) is 9.06. The molecule has 88 valence electrons. The third kappa shape index (κ3) is 2.39. The molecule has 0 saturated carbocycles. The Balaban J connectivity index is 2.18.